The van der Waals surface area contributed by atoms with Crippen LogP contribution < -0.4 is 10.5 Å². The number of rotatable bonds is 2. The molecule has 0 atom stereocenters. The van der Waals surface area contributed by atoms with E-state index in [4.69, 9.17) is 10.5 Å². The molecule has 0 fully saturated rings. The van der Waals surface area contributed by atoms with E-state index in [9.17, 15) is 0 Å². The lowest BCUT2D eigenvalue weighted by atomic mass is 10.1. The third kappa shape index (κ3) is 1.44. The van der Waals surface area contributed by atoms with Gasteiger partial charge in [-0.1, -0.05) is 0 Å². The molecule has 2 rings (SSSR count). The van der Waals surface area contributed by atoms with Gasteiger partial charge in [0.1, 0.15) is 5.75 Å². The van der Waals surface area contributed by atoms with Crippen molar-refractivity contribution in [3.63, 3.8) is 0 Å². The van der Waals surface area contributed by atoms with E-state index in [1.54, 1.807) is 11.3 Å². The molecule has 2 aromatic rings. The molecule has 14 heavy (non-hydrogen) atoms. The van der Waals surface area contributed by atoms with Crippen LogP contribution in [0.5, 0.6) is 5.75 Å². The summed E-state index contributed by atoms with van der Waals surface area (Å²) < 4.78 is 6.71. The normalized spacial score (nSPS) is 10.7. The Morgan fingerprint density at radius 2 is 2.21 bits per heavy atom. The molecule has 1 aromatic heterocycles. The zero-order chi connectivity index (χ0) is 10.1. The third-order valence-corrected chi connectivity index (χ3v) is 3.02. The Morgan fingerprint density at radius 3 is 2.93 bits per heavy atom. The lowest BCUT2D eigenvalue weighted by Gasteiger charge is -2.03. The lowest BCUT2D eigenvalue weighted by molar-refractivity contribution is 0.345. The molecule has 1 aromatic carbocycles. The molecular weight excluding hydrogens is 194 g/mol. The van der Waals surface area contributed by atoms with E-state index in [-0.39, 0.29) is 0 Å². The van der Waals surface area contributed by atoms with Crippen molar-refractivity contribution < 1.29 is 4.74 Å². The van der Waals surface area contributed by atoms with Crippen LogP contribution >= 0.6 is 11.3 Å². The Morgan fingerprint density at radius 1 is 1.43 bits per heavy atom. The standard InChI is InChI=1S/C11H13NOS/c1-3-13-9-6-14-10-5-7(2)4-8(12)11(9)10/h4-6H,3,12H2,1-2H3. The quantitative estimate of drug-likeness (QED) is 0.767. The Bertz CT molecular complexity index is 462. The number of aryl methyl sites for hydroxylation is 1. The van der Waals surface area contributed by atoms with Crippen LogP contribution in [0.1, 0.15) is 12.5 Å². The second-order valence-electron chi connectivity index (χ2n) is 3.26. The van der Waals surface area contributed by atoms with E-state index in [0.717, 1.165) is 16.8 Å². The van der Waals surface area contributed by atoms with Crippen molar-refractivity contribution in [3.8, 4) is 5.75 Å². The molecule has 0 aliphatic carbocycles. The first-order valence-corrected chi connectivity index (χ1v) is 5.50. The van der Waals surface area contributed by atoms with Crippen molar-refractivity contribution in [2.24, 2.45) is 0 Å². The number of ether oxygens (including phenoxy) is 1. The zero-order valence-electron chi connectivity index (χ0n) is 8.33. The molecule has 74 valence electrons. The molecule has 0 spiro atoms. The number of hydrogen-bond acceptors (Lipinski definition) is 3. The van der Waals surface area contributed by atoms with Crippen LogP contribution in [0.25, 0.3) is 10.1 Å². The minimum atomic E-state index is 0.680. The molecule has 0 unspecified atom stereocenters. The van der Waals surface area contributed by atoms with Gasteiger partial charge in [-0.2, -0.15) is 0 Å². The Kier molecular flexibility index (Phi) is 2.33. The molecule has 0 aliphatic heterocycles. The summed E-state index contributed by atoms with van der Waals surface area (Å²) in [5, 5.41) is 3.08. The fourth-order valence-corrected chi connectivity index (χ4v) is 2.58. The van der Waals surface area contributed by atoms with Gasteiger partial charge in [0.05, 0.1) is 12.0 Å². The van der Waals surface area contributed by atoms with E-state index >= 15 is 0 Å². The number of nitrogen functional groups attached to an aromatic ring is 1. The highest BCUT2D eigenvalue weighted by Gasteiger charge is 2.08. The van der Waals surface area contributed by atoms with Crippen LogP contribution in [0.15, 0.2) is 17.5 Å². The molecule has 0 saturated carbocycles. The number of fused-ring (bicyclic) bond motifs is 1. The number of hydrogen-bond donors (Lipinski definition) is 1. The fourth-order valence-electron chi connectivity index (χ4n) is 1.57. The summed E-state index contributed by atoms with van der Waals surface area (Å²) in [4.78, 5) is 0. The van der Waals surface area contributed by atoms with Crippen molar-refractivity contribution in [2.75, 3.05) is 12.3 Å². The van der Waals surface area contributed by atoms with Crippen molar-refractivity contribution in [1.29, 1.82) is 0 Å². The molecule has 0 aliphatic rings. The zero-order valence-corrected chi connectivity index (χ0v) is 9.15. The molecule has 0 bridgehead atoms. The van der Waals surface area contributed by atoms with Crippen LogP contribution in [-0.2, 0) is 0 Å². The highest BCUT2D eigenvalue weighted by molar-refractivity contribution is 7.17. The maximum Gasteiger partial charge on any atom is 0.139 e. The minimum absolute atomic E-state index is 0.680. The molecule has 3 heteroatoms. The van der Waals surface area contributed by atoms with Gasteiger partial charge in [0.2, 0.25) is 0 Å². The van der Waals surface area contributed by atoms with Crippen LogP contribution in [0.3, 0.4) is 0 Å². The van der Waals surface area contributed by atoms with E-state index in [0.29, 0.717) is 6.61 Å². The summed E-state index contributed by atoms with van der Waals surface area (Å²) in [6.45, 7) is 4.71. The van der Waals surface area contributed by atoms with Gasteiger partial charge in [0.25, 0.3) is 0 Å². The van der Waals surface area contributed by atoms with Crippen molar-refractivity contribution in [2.45, 2.75) is 13.8 Å². The van der Waals surface area contributed by atoms with Crippen LogP contribution in [-0.4, -0.2) is 6.61 Å². The van der Waals surface area contributed by atoms with Gasteiger partial charge >= 0.3 is 0 Å². The molecular formula is C11H13NOS. The molecule has 2 N–H and O–H groups in total. The average Bonchev–Trinajstić information content (AvgIpc) is 2.49. The summed E-state index contributed by atoms with van der Waals surface area (Å²) in [5.41, 5.74) is 7.96. The largest absolute Gasteiger partial charge is 0.492 e. The van der Waals surface area contributed by atoms with Crippen molar-refractivity contribution in [3.05, 3.63) is 23.1 Å². The summed E-state index contributed by atoms with van der Waals surface area (Å²) in [7, 11) is 0. The number of thiophene rings is 1. The van der Waals surface area contributed by atoms with Gasteiger partial charge in [-0.3, -0.25) is 0 Å². The second kappa shape index (κ2) is 3.50. The predicted molar refractivity (Wildman–Crippen MR) is 62.1 cm³/mol. The Labute approximate surface area is 87.3 Å². The maximum atomic E-state index is 5.96. The average molecular weight is 207 g/mol. The summed E-state index contributed by atoms with van der Waals surface area (Å²) in [5.74, 6) is 0.907. The number of anilines is 1. The van der Waals surface area contributed by atoms with Crippen LogP contribution in [0.4, 0.5) is 5.69 Å². The SMILES string of the molecule is CCOc1csc2cc(C)cc(N)c12. The van der Waals surface area contributed by atoms with Crippen molar-refractivity contribution in [1.82, 2.24) is 0 Å². The predicted octanol–water partition coefficient (Wildman–Crippen LogP) is 3.19. The summed E-state index contributed by atoms with van der Waals surface area (Å²) in [6.07, 6.45) is 0. The smallest absolute Gasteiger partial charge is 0.139 e. The minimum Gasteiger partial charge on any atom is -0.492 e. The van der Waals surface area contributed by atoms with Crippen LogP contribution in [0.2, 0.25) is 0 Å². The second-order valence-corrected chi connectivity index (χ2v) is 4.17. The van der Waals surface area contributed by atoms with E-state index in [1.807, 2.05) is 18.4 Å². The Balaban J connectivity index is 2.66. The first kappa shape index (κ1) is 9.34. The van der Waals surface area contributed by atoms with Gasteiger partial charge in [0.15, 0.2) is 0 Å². The lowest BCUT2D eigenvalue weighted by Crippen LogP contribution is -1.92. The molecule has 0 saturated heterocycles. The topological polar surface area (TPSA) is 35.2 Å². The molecule has 0 amide bonds. The highest BCUT2D eigenvalue weighted by atomic mass is 32.1. The first-order valence-electron chi connectivity index (χ1n) is 4.62. The van der Waals surface area contributed by atoms with Gasteiger partial charge in [-0.25, -0.2) is 0 Å². The van der Waals surface area contributed by atoms with Gasteiger partial charge < -0.3 is 10.5 Å². The summed E-state index contributed by atoms with van der Waals surface area (Å²) in [6, 6.07) is 4.12. The molecule has 0 radical (unpaired) electrons. The van der Waals surface area contributed by atoms with Gasteiger partial charge in [-0.15, -0.1) is 11.3 Å². The molecule has 2 nitrogen and oxygen atoms in total. The number of benzene rings is 1. The highest BCUT2D eigenvalue weighted by Crippen LogP contribution is 2.37. The Hall–Kier alpha value is -1.22. The van der Waals surface area contributed by atoms with Gasteiger partial charge in [0, 0.05) is 15.8 Å². The number of nitrogens with two attached hydrogens (primary N) is 1. The summed E-state index contributed by atoms with van der Waals surface area (Å²) >= 11 is 1.68. The van der Waals surface area contributed by atoms with Gasteiger partial charge in [-0.05, 0) is 31.5 Å². The molecule has 1 heterocycles. The van der Waals surface area contributed by atoms with E-state index in [1.165, 1.54) is 10.3 Å². The maximum absolute atomic E-state index is 5.96. The van der Waals surface area contributed by atoms with E-state index < -0.39 is 0 Å². The van der Waals surface area contributed by atoms with Crippen LogP contribution in [0, 0.1) is 6.92 Å². The van der Waals surface area contributed by atoms with Crippen molar-refractivity contribution >= 4 is 27.1 Å². The fraction of sp³-hybridized carbons (Fsp3) is 0.273. The first-order chi connectivity index (χ1) is 6.72. The third-order valence-electron chi connectivity index (χ3n) is 2.12. The monoisotopic (exact) mass is 207 g/mol. The van der Waals surface area contributed by atoms with E-state index in [2.05, 4.69) is 13.0 Å².